The molecule has 0 amide bonds. The van der Waals surface area contributed by atoms with Gasteiger partial charge in [0.15, 0.2) is 0 Å². The number of allylic oxidation sites excluding steroid dienone is 7. The number of hydrogen-bond donors (Lipinski definition) is 0. The second-order valence-electron chi connectivity index (χ2n) is 3.79. The standard InChI is InChI=1S/C16H24O2/c1-4-7-9-10-11-12-14-15(13-8-5-2)16(17)18-6-3/h5,8-13H,4,6-7,14H2,1-3H3/b8-5+,10-9+,12-11+,15-13+. The molecule has 0 saturated carbocycles. The molecule has 0 aromatic carbocycles. The van der Waals surface area contributed by atoms with Crippen LogP contribution in [0.1, 0.15) is 40.0 Å². The van der Waals surface area contributed by atoms with E-state index in [9.17, 15) is 4.79 Å². The van der Waals surface area contributed by atoms with Gasteiger partial charge in [0.05, 0.1) is 6.61 Å². The van der Waals surface area contributed by atoms with Crippen LogP contribution in [-0.2, 0) is 9.53 Å². The summed E-state index contributed by atoms with van der Waals surface area (Å²) >= 11 is 0. The smallest absolute Gasteiger partial charge is 0.334 e. The minimum absolute atomic E-state index is 0.238. The van der Waals surface area contributed by atoms with Crippen LogP contribution in [0.4, 0.5) is 0 Å². The third-order valence-corrected chi connectivity index (χ3v) is 2.20. The summed E-state index contributed by atoms with van der Waals surface area (Å²) in [6.07, 6.45) is 16.5. The predicted octanol–water partition coefficient (Wildman–Crippen LogP) is 4.35. The molecule has 0 unspecified atom stereocenters. The van der Waals surface area contributed by atoms with Gasteiger partial charge in [-0.25, -0.2) is 4.79 Å². The highest BCUT2D eigenvalue weighted by atomic mass is 16.5. The van der Waals surface area contributed by atoms with E-state index in [0.717, 1.165) is 12.8 Å². The third-order valence-electron chi connectivity index (χ3n) is 2.20. The normalized spacial score (nSPS) is 12.9. The van der Waals surface area contributed by atoms with Gasteiger partial charge in [-0.3, -0.25) is 0 Å². The lowest BCUT2D eigenvalue weighted by atomic mass is 10.1. The molecule has 0 fully saturated rings. The average molecular weight is 248 g/mol. The average Bonchev–Trinajstić information content (AvgIpc) is 2.37. The number of carbonyl (C=O) groups is 1. The van der Waals surface area contributed by atoms with Crippen molar-refractivity contribution in [1.29, 1.82) is 0 Å². The van der Waals surface area contributed by atoms with Crippen LogP contribution in [-0.4, -0.2) is 12.6 Å². The van der Waals surface area contributed by atoms with Crippen molar-refractivity contribution in [3.8, 4) is 0 Å². The molecule has 0 aliphatic rings. The number of unbranched alkanes of at least 4 members (excludes halogenated alkanes) is 1. The summed E-state index contributed by atoms with van der Waals surface area (Å²) in [5, 5.41) is 0. The fourth-order valence-electron chi connectivity index (χ4n) is 1.27. The molecule has 0 heterocycles. The van der Waals surface area contributed by atoms with E-state index >= 15 is 0 Å². The molecule has 2 nitrogen and oxygen atoms in total. The highest BCUT2D eigenvalue weighted by Gasteiger charge is 2.06. The van der Waals surface area contributed by atoms with Crippen molar-refractivity contribution in [2.24, 2.45) is 0 Å². The zero-order chi connectivity index (χ0) is 13.6. The van der Waals surface area contributed by atoms with Crippen LogP contribution in [0.25, 0.3) is 0 Å². The van der Waals surface area contributed by atoms with E-state index in [2.05, 4.69) is 13.0 Å². The summed E-state index contributed by atoms with van der Waals surface area (Å²) in [7, 11) is 0. The molecule has 18 heavy (non-hydrogen) atoms. The topological polar surface area (TPSA) is 26.3 Å². The van der Waals surface area contributed by atoms with Gasteiger partial charge in [0.25, 0.3) is 0 Å². The molecule has 100 valence electrons. The van der Waals surface area contributed by atoms with E-state index in [4.69, 9.17) is 4.74 Å². The quantitative estimate of drug-likeness (QED) is 0.362. The van der Waals surface area contributed by atoms with Gasteiger partial charge in [0, 0.05) is 5.57 Å². The Kier molecular flexibility index (Phi) is 10.9. The molecule has 0 aromatic rings. The zero-order valence-electron chi connectivity index (χ0n) is 11.7. The van der Waals surface area contributed by atoms with E-state index in [0.29, 0.717) is 18.6 Å². The Morgan fingerprint density at radius 3 is 2.44 bits per heavy atom. The van der Waals surface area contributed by atoms with Crippen molar-refractivity contribution in [2.45, 2.75) is 40.0 Å². The first kappa shape index (κ1) is 16.4. The maximum absolute atomic E-state index is 11.6. The van der Waals surface area contributed by atoms with E-state index < -0.39 is 0 Å². The summed E-state index contributed by atoms with van der Waals surface area (Å²) in [5.41, 5.74) is 0.676. The molecule has 0 bridgehead atoms. The summed E-state index contributed by atoms with van der Waals surface area (Å²) in [4.78, 5) is 11.6. The van der Waals surface area contributed by atoms with Crippen LogP contribution in [0.5, 0.6) is 0 Å². The molecule has 0 radical (unpaired) electrons. The van der Waals surface area contributed by atoms with E-state index in [1.54, 1.807) is 6.08 Å². The first-order valence-corrected chi connectivity index (χ1v) is 6.56. The Balaban J connectivity index is 4.38. The monoisotopic (exact) mass is 248 g/mol. The third kappa shape index (κ3) is 8.57. The highest BCUT2D eigenvalue weighted by Crippen LogP contribution is 2.06. The Bertz CT molecular complexity index is 333. The van der Waals surface area contributed by atoms with Crippen molar-refractivity contribution >= 4 is 5.97 Å². The predicted molar refractivity (Wildman–Crippen MR) is 77.3 cm³/mol. The van der Waals surface area contributed by atoms with Crippen LogP contribution in [0.15, 0.2) is 48.1 Å². The molecule has 0 aromatic heterocycles. The van der Waals surface area contributed by atoms with E-state index in [1.165, 1.54) is 0 Å². The van der Waals surface area contributed by atoms with Crippen molar-refractivity contribution in [3.05, 3.63) is 48.1 Å². The fourth-order valence-corrected chi connectivity index (χ4v) is 1.27. The maximum atomic E-state index is 11.6. The summed E-state index contributed by atoms with van der Waals surface area (Å²) in [6.45, 7) is 6.29. The Labute approximate surface area is 111 Å². The van der Waals surface area contributed by atoms with Crippen molar-refractivity contribution in [3.63, 3.8) is 0 Å². The minimum atomic E-state index is -0.238. The van der Waals surface area contributed by atoms with Gasteiger partial charge in [-0.15, -0.1) is 0 Å². The second-order valence-corrected chi connectivity index (χ2v) is 3.79. The van der Waals surface area contributed by atoms with E-state index in [-0.39, 0.29) is 5.97 Å². The lowest BCUT2D eigenvalue weighted by Crippen LogP contribution is -2.06. The number of rotatable bonds is 8. The molecule has 0 spiro atoms. The molecule has 0 N–H and O–H groups in total. The van der Waals surface area contributed by atoms with Gasteiger partial charge >= 0.3 is 5.97 Å². The first-order chi connectivity index (χ1) is 8.76. The van der Waals surface area contributed by atoms with Crippen LogP contribution >= 0.6 is 0 Å². The number of hydrogen-bond acceptors (Lipinski definition) is 2. The molecule has 0 aliphatic heterocycles. The van der Waals surface area contributed by atoms with Gasteiger partial charge in [-0.2, -0.15) is 0 Å². The lowest BCUT2D eigenvalue weighted by Gasteiger charge is -2.03. The van der Waals surface area contributed by atoms with Crippen molar-refractivity contribution in [2.75, 3.05) is 6.61 Å². The zero-order valence-corrected chi connectivity index (χ0v) is 11.7. The number of esters is 1. The molecule has 0 saturated heterocycles. The summed E-state index contributed by atoms with van der Waals surface area (Å²) < 4.78 is 5.00. The van der Waals surface area contributed by atoms with Crippen molar-refractivity contribution < 1.29 is 9.53 Å². The van der Waals surface area contributed by atoms with Crippen LogP contribution in [0, 0.1) is 0 Å². The Hall–Kier alpha value is -1.57. The van der Waals surface area contributed by atoms with Gasteiger partial charge in [0.2, 0.25) is 0 Å². The van der Waals surface area contributed by atoms with Crippen LogP contribution < -0.4 is 0 Å². The van der Waals surface area contributed by atoms with E-state index in [1.807, 2.05) is 44.2 Å². The highest BCUT2D eigenvalue weighted by molar-refractivity contribution is 5.89. The van der Waals surface area contributed by atoms with Crippen molar-refractivity contribution in [1.82, 2.24) is 0 Å². The molecule has 2 heteroatoms. The number of carbonyl (C=O) groups excluding carboxylic acids is 1. The summed E-state index contributed by atoms with van der Waals surface area (Å²) in [6, 6.07) is 0. The van der Waals surface area contributed by atoms with Gasteiger partial charge in [-0.05, 0) is 26.7 Å². The molecular weight excluding hydrogens is 224 g/mol. The lowest BCUT2D eigenvalue weighted by molar-refractivity contribution is -0.138. The fraction of sp³-hybridized carbons (Fsp3) is 0.438. The largest absolute Gasteiger partial charge is 0.463 e. The first-order valence-electron chi connectivity index (χ1n) is 6.56. The molecule has 0 atom stereocenters. The van der Waals surface area contributed by atoms with Crippen LogP contribution in [0.2, 0.25) is 0 Å². The van der Waals surface area contributed by atoms with Gasteiger partial charge < -0.3 is 4.74 Å². The Morgan fingerprint density at radius 2 is 1.83 bits per heavy atom. The number of ether oxygens (including phenoxy) is 1. The van der Waals surface area contributed by atoms with Gasteiger partial charge in [0.1, 0.15) is 0 Å². The summed E-state index contributed by atoms with van der Waals surface area (Å²) in [5.74, 6) is -0.238. The molecular formula is C16H24O2. The maximum Gasteiger partial charge on any atom is 0.334 e. The SMILES string of the molecule is C/C=C/C=C(\C/C=C/C=C/CCC)C(=O)OCC. The molecule has 0 rings (SSSR count). The second kappa shape index (κ2) is 11.9. The van der Waals surface area contributed by atoms with Gasteiger partial charge in [-0.1, -0.05) is 55.9 Å². The van der Waals surface area contributed by atoms with Crippen LogP contribution in [0.3, 0.4) is 0 Å². The minimum Gasteiger partial charge on any atom is -0.463 e. The Morgan fingerprint density at radius 1 is 1.11 bits per heavy atom. The molecule has 0 aliphatic carbocycles.